The Morgan fingerprint density at radius 1 is 1.45 bits per heavy atom. The van der Waals surface area contributed by atoms with Gasteiger partial charge in [-0.15, -0.1) is 0 Å². The van der Waals surface area contributed by atoms with Crippen molar-refractivity contribution in [1.29, 1.82) is 0 Å². The number of hydrogen-bond acceptors (Lipinski definition) is 2. The van der Waals surface area contributed by atoms with E-state index in [-0.39, 0.29) is 0 Å². The van der Waals surface area contributed by atoms with Gasteiger partial charge in [-0.1, -0.05) is 11.6 Å². The highest BCUT2D eigenvalue weighted by atomic mass is 79.9. The molecule has 56 valence electrons. The van der Waals surface area contributed by atoms with E-state index in [4.69, 9.17) is 11.6 Å². The molecule has 2 heterocycles. The van der Waals surface area contributed by atoms with Gasteiger partial charge in [0.15, 0.2) is 5.15 Å². The summed E-state index contributed by atoms with van der Waals surface area (Å²) in [5.74, 6) is 0. The second-order valence-electron chi connectivity index (χ2n) is 2.03. The molecule has 0 radical (unpaired) electrons. The van der Waals surface area contributed by atoms with Crippen molar-refractivity contribution in [2.45, 2.75) is 0 Å². The van der Waals surface area contributed by atoms with Gasteiger partial charge in [-0.25, -0.2) is 9.97 Å². The van der Waals surface area contributed by atoms with Crippen molar-refractivity contribution in [3.05, 3.63) is 28.5 Å². The van der Waals surface area contributed by atoms with Gasteiger partial charge in [-0.3, -0.25) is 4.40 Å². The number of aromatic nitrogens is 3. The van der Waals surface area contributed by atoms with Crippen LogP contribution in [0.25, 0.3) is 5.52 Å². The summed E-state index contributed by atoms with van der Waals surface area (Å²) in [7, 11) is 0. The number of fused-ring (bicyclic) bond motifs is 1. The van der Waals surface area contributed by atoms with Gasteiger partial charge in [0.25, 0.3) is 0 Å². The molecular weight excluding hydrogens is 229 g/mol. The smallest absolute Gasteiger partial charge is 0.160 e. The zero-order chi connectivity index (χ0) is 7.84. The minimum absolute atomic E-state index is 0.440. The standard InChI is InChI=1S/C6H3BrClN3/c7-5-6(8)10-2-4-1-9-3-11(4)5/h1-3H. The summed E-state index contributed by atoms with van der Waals surface area (Å²) in [4.78, 5) is 7.87. The summed E-state index contributed by atoms with van der Waals surface area (Å²) in [6.45, 7) is 0. The zero-order valence-electron chi connectivity index (χ0n) is 5.33. The molecule has 0 amide bonds. The maximum absolute atomic E-state index is 5.74. The first kappa shape index (κ1) is 7.06. The monoisotopic (exact) mass is 231 g/mol. The molecule has 2 aromatic rings. The summed E-state index contributed by atoms with van der Waals surface area (Å²) in [6, 6.07) is 0. The normalized spacial score (nSPS) is 10.7. The predicted molar refractivity (Wildman–Crippen MR) is 45.7 cm³/mol. The molecule has 0 fully saturated rings. The highest BCUT2D eigenvalue weighted by molar-refractivity contribution is 9.10. The first-order chi connectivity index (χ1) is 5.29. The summed E-state index contributed by atoms with van der Waals surface area (Å²) in [5.41, 5.74) is 0.918. The van der Waals surface area contributed by atoms with Crippen molar-refractivity contribution >= 4 is 33.0 Å². The van der Waals surface area contributed by atoms with Gasteiger partial charge in [0.05, 0.1) is 17.9 Å². The van der Waals surface area contributed by atoms with Crippen molar-refractivity contribution in [3.8, 4) is 0 Å². The first-order valence-electron chi connectivity index (χ1n) is 2.91. The van der Waals surface area contributed by atoms with Gasteiger partial charge >= 0.3 is 0 Å². The lowest BCUT2D eigenvalue weighted by Gasteiger charge is -1.97. The molecule has 2 rings (SSSR count). The third-order valence-electron chi connectivity index (χ3n) is 1.36. The third-order valence-corrected chi connectivity index (χ3v) is 2.62. The van der Waals surface area contributed by atoms with E-state index >= 15 is 0 Å². The Morgan fingerprint density at radius 2 is 2.27 bits per heavy atom. The highest BCUT2D eigenvalue weighted by Gasteiger charge is 2.02. The molecule has 2 aromatic heterocycles. The molecule has 0 aromatic carbocycles. The maximum atomic E-state index is 5.74. The summed E-state index contributed by atoms with van der Waals surface area (Å²) in [6.07, 6.45) is 5.06. The fourth-order valence-electron chi connectivity index (χ4n) is 0.840. The Morgan fingerprint density at radius 3 is 3.09 bits per heavy atom. The van der Waals surface area contributed by atoms with Crippen LogP contribution in [0.3, 0.4) is 0 Å². The predicted octanol–water partition coefficient (Wildman–Crippen LogP) is 2.15. The fraction of sp³-hybridized carbons (Fsp3) is 0. The molecule has 0 unspecified atom stereocenters. The van der Waals surface area contributed by atoms with Gasteiger partial charge in [-0.05, 0) is 15.9 Å². The van der Waals surface area contributed by atoms with Crippen LogP contribution in [0, 0.1) is 0 Å². The lowest BCUT2D eigenvalue weighted by atomic mass is 10.6. The van der Waals surface area contributed by atoms with Crippen molar-refractivity contribution in [3.63, 3.8) is 0 Å². The van der Waals surface area contributed by atoms with Crippen LogP contribution < -0.4 is 0 Å². The van der Waals surface area contributed by atoms with Crippen molar-refractivity contribution in [2.75, 3.05) is 0 Å². The van der Waals surface area contributed by atoms with Crippen molar-refractivity contribution < 1.29 is 0 Å². The molecule has 0 bridgehead atoms. The first-order valence-corrected chi connectivity index (χ1v) is 4.08. The Kier molecular flexibility index (Phi) is 1.58. The van der Waals surface area contributed by atoms with Crippen LogP contribution in [0.4, 0.5) is 0 Å². The molecule has 0 atom stereocenters. The van der Waals surface area contributed by atoms with E-state index in [2.05, 4.69) is 25.9 Å². The molecule has 0 saturated heterocycles. The van der Waals surface area contributed by atoms with E-state index in [1.165, 1.54) is 0 Å². The molecule has 0 aliphatic carbocycles. The molecule has 11 heavy (non-hydrogen) atoms. The molecular formula is C6H3BrClN3. The van der Waals surface area contributed by atoms with Gasteiger partial charge < -0.3 is 0 Å². The topological polar surface area (TPSA) is 30.2 Å². The number of hydrogen-bond donors (Lipinski definition) is 0. The number of halogens is 2. The Balaban J connectivity index is 2.93. The van der Waals surface area contributed by atoms with Gasteiger partial charge in [0, 0.05) is 0 Å². The van der Waals surface area contributed by atoms with Crippen molar-refractivity contribution in [1.82, 2.24) is 14.4 Å². The third kappa shape index (κ3) is 1.02. The minimum atomic E-state index is 0.440. The molecule has 0 N–H and O–H groups in total. The van der Waals surface area contributed by atoms with E-state index < -0.39 is 0 Å². The van der Waals surface area contributed by atoms with Crippen LogP contribution in [-0.2, 0) is 0 Å². The molecule has 3 nitrogen and oxygen atoms in total. The number of rotatable bonds is 0. The summed E-state index contributed by atoms with van der Waals surface area (Å²) in [5, 5.41) is 0.440. The Bertz CT molecular complexity index is 398. The van der Waals surface area contributed by atoms with Crippen LogP contribution in [0.2, 0.25) is 5.15 Å². The SMILES string of the molecule is Clc1ncc2cncn2c1Br. The lowest BCUT2D eigenvalue weighted by molar-refractivity contribution is 1.08. The van der Waals surface area contributed by atoms with Crippen molar-refractivity contribution in [2.24, 2.45) is 0 Å². The Labute approximate surface area is 76.2 Å². The van der Waals surface area contributed by atoms with E-state index in [1.807, 2.05) is 4.40 Å². The summed E-state index contributed by atoms with van der Waals surface area (Å²) >= 11 is 9.03. The Hall–Kier alpha value is -0.610. The largest absolute Gasteiger partial charge is 0.289 e. The van der Waals surface area contributed by atoms with Gasteiger partial charge in [0.2, 0.25) is 0 Å². The molecule has 0 spiro atoms. The second-order valence-corrected chi connectivity index (χ2v) is 3.14. The fourth-order valence-corrected chi connectivity index (χ4v) is 1.38. The van der Waals surface area contributed by atoms with Gasteiger partial charge in [-0.2, -0.15) is 0 Å². The average molecular weight is 232 g/mol. The van der Waals surface area contributed by atoms with Crippen LogP contribution in [-0.4, -0.2) is 14.4 Å². The maximum Gasteiger partial charge on any atom is 0.160 e. The number of nitrogens with zero attached hydrogens (tertiary/aromatic N) is 3. The van der Waals surface area contributed by atoms with E-state index in [1.54, 1.807) is 18.7 Å². The average Bonchev–Trinajstić information content (AvgIpc) is 2.45. The lowest BCUT2D eigenvalue weighted by Crippen LogP contribution is -1.87. The molecule has 0 aliphatic heterocycles. The zero-order valence-corrected chi connectivity index (χ0v) is 7.67. The van der Waals surface area contributed by atoms with Crippen LogP contribution >= 0.6 is 27.5 Å². The van der Waals surface area contributed by atoms with Crippen LogP contribution in [0.15, 0.2) is 23.3 Å². The highest BCUT2D eigenvalue weighted by Crippen LogP contribution is 2.20. The number of imidazole rings is 1. The second kappa shape index (κ2) is 2.46. The van der Waals surface area contributed by atoms with E-state index in [0.717, 1.165) is 10.1 Å². The quantitative estimate of drug-likeness (QED) is 0.697. The molecule has 0 aliphatic rings. The van der Waals surface area contributed by atoms with E-state index in [9.17, 15) is 0 Å². The molecule has 0 saturated carbocycles. The van der Waals surface area contributed by atoms with E-state index in [0.29, 0.717) is 5.15 Å². The summed E-state index contributed by atoms with van der Waals surface area (Å²) < 4.78 is 2.55. The molecule has 5 heteroatoms. The van der Waals surface area contributed by atoms with Crippen LogP contribution in [0.5, 0.6) is 0 Å². The van der Waals surface area contributed by atoms with Gasteiger partial charge in [0.1, 0.15) is 10.9 Å². The minimum Gasteiger partial charge on any atom is -0.289 e. The van der Waals surface area contributed by atoms with Crippen LogP contribution in [0.1, 0.15) is 0 Å².